The van der Waals surface area contributed by atoms with E-state index in [0.29, 0.717) is 5.69 Å². The first kappa shape index (κ1) is 13.7. The molecule has 0 saturated carbocycles. The maximum absolute atomic E-state index is 12.1. The Morgan fingerprint density at radius 1 is 1.47 bits per heavy atom. The summed E-state index contributed by atoms with van der Waals surface area (Å²) in [6, 6.07) is 4.95. The molecule has 0 amide bonds. The summed E-state index contributed by atoms with van der Waals surface area (Å²) < 4.78 is 28.3. The monoisotopic (exact) mass is 281 g/mol. The summed E-state index contributed by atoms with van der Waals surface area (Å²) in [7, 11) is -1.81. The first-order chi connectivity index (χ1) is 9.03. The van der Waals surface area contributed by atoms with Crippen LogP contribution in [0.3, 0.4) is 0 Å². The molecule has 0 atom stereocenters. The van der Waals surface area contributed by atoms with Crippen molar-refractivity contribution in [2.45, 2.75) is 18.0 Å². The highest BCUT2D eigenvalue weighted by atomic mass is 32.2. The summed E-state index contributed by atoms with van der Waals surface area (Å²) in [5.74, 6) is 0. The van der Waals surface area contributed by atoms with Gasteiger partial charge in [-0.05, 0) is 18.2 Å². The van der Waals surface area contributed by atoms with Crippen LogP contribution < -0.4 is 10.5 Å². The second-order valence-electron chi connectivity index (χ2n) is 4.02. The lowest BCUT2D eigenvalue weighted by atomic mass is 10.4. The minimum atomic E-state index is -3.56. The first-order valence-electron chi connectivity index (χ1n) is 5.64. The van der Waals surface area contributed by atoms with E-state index in [9.17, 15) is 8.42 Å². The van der Waals surface area contributed by atoms with Crippen LogP contribution in [0.15, 0.2) is 35.5 Å². The lowest BCUT2D eigenvalue weighted by Gasteiger charge is -2.03. The van der Waals surface area contributed by atoms with E-state index in [2.05, 4.69) is 14.9 Å². The van der Waals surface area contributed by atoms with Gasteiger partial charge in [-0.3, -0.25) is 0 Å². The number of aromatic nitrogens is 3. The van der Waals surface area contributed by atoms with E-state index in [1.54, 1.807) is 29.8 Å². The average Bonchev–Trinajstić information content (AvgIpc) is 2.80. The number of rotatable bonds is 5. The van der Waals surface area contributed by atoms with Crippen molar-refractivity contribution in [2.75, 3.05) is 0 Å². The molecule has 19 heavy (non-hydrogen) atoms. The Labute approximate surface area is 111 Å². The quantitative estimate of drug-likeness (QED) is 0.787. The lowest BCUT2D eigenvalue weighted by Crippen LogP contribution is -2.23. The third-order valence-electron chi connectivity index (χ3n) is 2.67. The second-order valence-corrected chi connectivity index (χ2v) is 5.79. The molecule has 2 aromatic heterocycles. The molecule has 0 aliphatic rings. The van der Waals surface area contributed by atoms with Gasteiger partial charge < -0.3 is 10.3 Å². The molecule has 102 valence electrons. The molecule has 2 heterocycles. The number of nitrogens with two attached hydrogens (primary N) is 1. The van der Waals surface area contributed by atoms with Crippen molar-refractivity contribution in [1.82, 2.24) is 19.5 Å². The molecule has 0 spiro atoms. The molecule has 0 aliphatic carbocycles. The smallest absolute Gasteiger partial charge is 0.242 e. The fourth-order valence-corrected chi connectivity index (χ4v) is 2.70. The molecule has 0 bridgehead atoms. The Hall–Kier alpha value is -1.77. The molecular weight excluding hydrogens is 266 g/mol. The summed E-state index contributed by atoms with van der Waals surface area (Å²) >= 11 is 0. The van der Waals surface area contributed by atoms with E-state index in [1.807, 2.05) is 0 Å². The highest BCUT2D eigenvalue weighted by Gasteiger charge is 2.17. The number of hydrogen-bond acceptors (Lipinski definition) is 5. The predicted molar refractivity (Wildman–Crippen MR) is 69.4 cm³/mol. The molecule has 0 saturated heterocycles. The fraction of sp³-hybridized carbons (Fsp3) is 0.273. The predicted octanol–water partition coefficient (Wildman–Crippen LogP) is -0.248. The number of nitrogens with zero attached hydrogens (tertiary/aromatic N) is 3. The molecule has 3 N–H and O–H groups in total. The Balaban J connectivity index is 2.14. The molecule has 0 radical (unpaired) electrons. The van der Waals surface area contributed by atoms with Gasteiger partial charge >= 0.3 is 0 Å². The minimum Gasteiger partial charge on any atom is -0.352 e. The maximum atomic E-state index is 12.1. The summed E-state index contributed by atoms with van der Waals surface area (Å²) in [5, 5.41) is 7.50. The molecule has 2 rings (SSSR count). The Bertz CT molecular complexity index is 651. The van der Waals surface area contributed by atoms with Crippen LogP contribution in [-0.2, 0) is 30.2 Å². The molecule has 0 unspecified atom stereocenters. The number of nitrogens with one attached hydrogen (secondary N) is 1. The minimum absolute atomic E-state index is 0.100. The van der Waals surface area contributed by atoms with Gasteiger partial charge in [0.05, 0.1) is 17.1 Å². The standard InChI is InChI=1S/C11H15N5O2S/c1-16-8-11(5-10(16)6-12)19(17,18)14-7-9-3-2-4-13-15-9/h2-5,8,14H,6-7,12H2,1H3. The normalized spacial score (nSPS) is 11.7. The van der Waals surface area contributed by atoms with Crippen LogP contribution >= 0.6 is 0 Å². The van der Waals surface area contributed by atoms with Crippen LogP contribution in [-0.4, -0.2) is 23.2 Å². The summed E-state index contributed by atoms with van der Waals surface area (Å²) in [6.07, 6.45) is 3.06. The topological polar surface area (TPSA) is 103 Å². The number of sulfonamides is 1. The first-order valence-corrected chi connectivity index (χ1v) is 7.13. The summed E-state index contributed by atoms with van der Waals surface area (Å²) in [5.41, 5.74) is 6.82. The summed E-state index contributed by atoms with van der Waals surface area (Å²) in [4.78, 5) is 0.194. The van der Waals surface area contributed by atoms with Gasteiger partial charge in [0.1, 0.15) is 0 Å². The molecule has 8 heteroatoms. The highest BCUT2D eigenvalue weighted by Crippen LogP contribution is 2.13. The van der Waals surface area contributed by atoms with Gasteiger partial charge in [0.15, 0.2) is 0 Å². The van der Waals surface area contributed by atoms with Crippen LogP contribution in [0.5, 0.6) is 0 Å². The molecule has 7 nitrogen and oxygen atoms in total. The van der Waals surface area contributed by atoms with Crippen LogP contribution in [0.2, 0.25) is 0 Å². The van der Waals surface area contributed by atoms with Gasteiger partial charge in [0.2, 0.25) is 10.0 Å². The zero-order valence-corrected chi connectivity index (χ0v) is 11.3. The third kappa shape index (κ3) is 3.16. The highest BCUT2D eigenvalue weighted by molar-refractivity contribution is 7.89. The molecular formula is C11H15N5O2S. The molecule has 0 aliphatic heterocycles. The van der Waals surface area contributed by atoms with Crippen molar-refractivity contribution in [3.05, 3.63) is 42.0 Å². The van der Waals surface area contributed by atoms with E-state index in [1.165, 1.54) is 12.4 Å². The average molecular weight is 281 g/mol. The van der Waals surface area contributed by atoms with Crippen molar-refractivity contribution in [3.63, 3.8) is 0 Å². The van der Waals surface area contributed by atoms with E-state index >= 15 is 0 Å². The Morgan fingerprint density at radius 3 is 2.84 bits per heavy atom. The van der Waals surface area contributed by atoms with Crippen molar-refractivity contribution >= 4 is 10.0 Å². The van der Waals surface area contributed by atoms with Gasteiger partial charge in [0.25, 0.3) is 0 Å². The number of hydrogen-bond donors (Lipinski definition) is 2. The third-order valence-corrected chi connectivity index (χ3v) is 4.04. The lowest BCUT2D eigenvalue weighted by molar-refractivity contribution is 0.580. The van der Waals surface area contributed by atoms with Crippen LogP contribution in [0.4, 0.5) is 0 Å². The van der Waals surface area contributed by atoms with Crippen molar-refractivity contribution < 1.29 is 8.42 Å². The maximum Gasteiger partial charge on any atom is 0.242 e. The van der Waals surface area contributed by atoms with Crippen LogP contribution in [0.1, 0.15) is 11.4 Å². The largest absolute Gasteiger partial charge is 0.352 e. The SMILES string of the molecule is Cn1cc(S(=O)(=O)NCc2cccnn2)cc1CN. The van der Waals surface area contributed by atoms with Crippen molar-refractivity contribution in [3.8, 4) is 0 Å². The molecule has 2 aromatic rings. The van der Waals surface area contributed by atoms with Crippen molar-refractivity contribution in [1.29, 1.82) is 0 Å². The van der Waals surface area contributed by atoms with Crippen LogP contribution in [0, 0.1) is 0 Å². The van der Waals surface area contributed by atoms with E-state index < -0.39 is 10.0 Å². The van der Waals surface area contributed by atoms with Crippen LogP contribution in [0.25, 0.3) is 0 Å². The number of aryl methyl sites for hydroxylation is 1. The van der Waals surface area contributed by atoms with Gasteiger partial charge in [0, 0.05) is 31.7 Å². The van der Waals surface area contributed by atoms with Crippen molar-refractivity contribution in [2.24, 2.45) is 12.8 Å². The molecule has 0 aromatic carbocycles. The van der Waals surface area contributed by atoms with Gasteiger partial charge in [-0.15, -0.1) is 0 Å². The summed E-state index contributed by atoms with van der Waals surface area (Å²) in [6.45, 7) is 0.388. The van der Waals surface area contributed by atoms with Gasteiger partial charge in [-0.1, -0.05) is 0 Å². The Kier molecular flexibility index (Phi) is 3.93. The van der Waals surface area contributed by atoms with E-state index in [0.717, 1.165) is 5.69 Å². The molecule has 0 fully saturated rings. The zero-order chi connectivity index (χ0) is 13.9. The zero-order valence-electron chi connectivity index (χ0n) is 10.4. The Morgan fingerprint density at radius 2 is 2.26 bits per heavy atom. The second kappa shape index (κ2) is 5.47. The van der Waals surface area contributed by atoms with E-state index in [4.69, 9.17) is 5.73 Å². The fourth-order valence-electron chi connectivity index (χ4n) is 1.61. The van der Waals surface area contributed by atoms with Gasteiger partial charge in [-0.25, -0.2) is 13.1 Å². The van der Waals surface area contributed by atoms with E-state index in [-0.39, 0.29) is 18.0 Å². The van der Waals surface area contributed by atoms with Gasteiger partial charge in [-0.2, -0.15) is 10.2 Å².